The SMILES string of the molecule is CCNC(Cc1cncs1)Cc1ccc(Cl)cc1Cl. The van der Waals surface area contributed by atoms with Crippen molar-refractivity contribution in [3.05, 3.63) is 50.4 Å². The summed E-state index contributed by atoms with van der Waals surface area (Å²) in [5.74, 6) is 0. The fourth-order valence-electron chi connectivity index (χ4n) is 2.04. The van der Waals surface area contributed by atoms with Crippen LogP contribution in [-0.2, 0) is 12.8 Å². The van der Waals surface area contributed by atoms with Crippen molar-refractivity contribution < 1.29 is 0 Å². The number of aromatic nitrogens is 1. The first-order chi connectivity index (χ1) is 9.19. The summed E-state index contributed by atoms with van der Waals surface area (Å²) >= 11 is 13.8. The van der Waals surface area contributed by atoms with E-state index in [1.807, 2.05) is 23.8 Å². The Morgan fingerprint density at radius 3 is 2.79 bits per heavy atom. The Morgan fingerprint density at radius 1 is 1.32 bits per heavy atom. The molecule has 1 aromatic carbocycles. The normalized spacial score (nSPS) is 12.6. The maximum atomic E-state index is 6.23. The molecule has 1 N–H and O–H groups in total. The molecule has 0 fully saturated rings. The van der Waals surface area contributed by atoms with Crippen molar-refractivity contribution in [1.29, 1.82) is 0 Å². The topological polar surface area (TPSA) is 24.9 Å². The highest BCUT2D eigenvalue weighted by Gasteiger charge is 2.12. The minimum absolute atomic E-state index is 0.365. The van der Waals surface area contributed by atoms with Gasteiger partial charge in [0.25, 0.3) is 0 Å². The molecular weight excluding hydrogens is 299 g/mol. The van der Waals surface area contributed by atoms with Gasteiger partial charge in [0.2, 0.25) is 0 Å². The Balaban J connectivity index is 2.07. The zero-order chi connectivity index (χ0) is 13.7. The van der Waals surface area contributed by atoms with E-state index in [0.717, 1.165) is 30.0 Å². The van der Waals surface area contributed by atoms with Gasteiger partial charge in [-0.1, -0.05) is 36.2 Å². The van der Waals surface area contributed by atoms with Gasteiger partial charge < -0.3 is 5.32 Å². The van der Waals surface area contributed by atoms with E-state index in [1.54, 1.807) is 17.4 Å². The minimum Gasteiger partial charge on any atom is -0.314 e. The summed E-state index contributed by atoms with van der Waals surface area (Å²) in [6, 6.07) is 6.05. The zero-order valence-corrected chi connectivity index (χ0v) is 13.0. The molecule has 1 unspecified atom stereocenters. The van der Waals surface area contributed by atoms with Crippen LogP contribution in [0.1, 0.15) is 17.4 Å². The number of hydrogen-bond acceptors (Lipinski definition) is 3. The molecule has 0 spiro atoms. The van der Waals surface area contributed by atoms with Gasteiger partial charge in [0.15, 0.2) is 0 Å². The fraction of sp³-hybridized carbons (Fsp3) is 0.357. The first-order valence-corrected chi connectivity index (χ1v) is 7.87. The summed E-state index contributed by atoms with van der Waals surface area (Å²) in [5, 5.41) is 4.91. The second kappa shape index (κ2) is 7.25. The van der Waals surface area contributed by atoms with E-state index in [1.165, 1.54) is 4.88 Å². The second-order valence-electron chi connectivity index (χ2n) is 4.37. The van der Waals surface area contributed by atoms with Crippen LogP contribution >= 0.6 is 34.5 Å². The Bertz CT molecular complexity index is 514. The highest BCUT2D eigenvalue weighted by Crippen LogP contribution is 2.23. The lowest BCUT2D eigenvalue weighted by Gasteiger charge is -2.18. The third-order valence-electron chi connectivity index (χ3n) is 2.91. The summed E-state index contributed by atoms with van der Waals surface area (Å²) in [4.78, 5) is 5.41. The molecule has 1 aromatic heterocycles. The lowest BCUT2D eigenvalue weighted by atomic mass is 10.0. The number of nitrogens with zero attached hydrogens (tertiary/aromatic N) is 1. The molecule has 0 radical (unpaired) electrons. The lowest BCUT2D eigenvalue weighted by Crippen LogP contribution is -2.32. The van der Waals surface area contributed by atoms with Crippen LogP contribution in [0.4, 0.5) is 0 Å². The Hall–Kier alpha value is -0.610. The van der Waals surface area contributed by atoms with Gasteiger partial charge in [-0.05, 0) is 37.1 Å². The Kier molecular flexibility index (Phi) is 5.64. The predicted octanol–water partition coefficient (Wildman–Crippen LogP) is 4.21. The van der Waals surface area contributed by atoms with Crippen molar-refractivity contribution in [2.75, 3.05) is 6.54 Å². The van der Waals surface area contributed by atoms with E-state index >= 15 is 0 Å². The van der Waals surface area contributed by atoms with Gasteiger partial charge in [0.1, 0.15) is 0 Å². The molecule has 2 aromatic rings. The molecular formula is C14H16Cl2N2S. The molecule has 2 nitrogen and oxygen atoms in total. The highest BCUT2D eigenvalue weighted by atomic mass is 35.5. The highest BCUT2D eigenvalue weighted by molar-refractivity contribution is 7.09. The van der Waals surface area contributed by atoms with Crippen molar-refractivity contribution in [3.63, 3.8) is 0 Å². The van der Waals surface area contributed by atoms with Crippen molar-refractivity contribution in [2.24, 2.45) is 0 Å². The molecule has 0 saturated carbocycles. The molecule has 1 heterocycles. The minimum atomic E-state index is 0.365. The maximum absolute atomic E-state index is 6.23. The van der Waals surface area contributed by atoms with Gasteiger partial charge in [0, 0.05) is 27.2 Å². The summed E-state index contributed by atoms with van der Waals surface area (Å²) in [5.41, 5.74) is 3.00. The Morgan fingerprint density at radius 2 is 2.16 bits per heavy atom. The largest absolute Gasteiger partial charge is 0.314 e. The number of halogens is 2. The molecule has 0 aliphatic heterocycles. The maximum Gasteiger partial charge on any atom is 0.0794 e. The smallest absolute Gasteiger partial charge is 0.0794 e. The number of likely N-dealkylation sites (N-methyl/N-ethyl adjacent to an activating group) is 1. The number of rotatable bonds is 6. The molecule has 0 amide bonds. The molecule has 1 atom stereocenters. The van der Waals surface area contributed by atoms with Crippen molar-refractivity contribution >= 4 is 34.5 Å². The monoisotopic (exact) mass is 314 g/mol. The molecule has 102 valence electrons. The van der Waals surface area contributed by atoms with Gasteiger partial charge in [-0.3, -0.25) is 4.98 Å². The molecule has 0 aliphatic carbocycles. The van der Waals surface area contributed by atoms with E-state index in [-0.39, 0.29) is 0 Å². The van der Waals surface area contributed by atoms with Crippen LogP contribution in [0.25, 0.3) is 0 Å². The first-order valence-electron chi connectivity index (χ1n) is 6.23. The summed E-state index contributed by atoms with van der Waals surface area (Å²) in [7, 11) is 0. The average molecular weight is 315 g/mol. The lowest BCUT2D eigenvalue weighted by molar-refractivity contribution is 0.524. The van der Waals surface area contributed by atoms with Crippen LogP contribution in [0.5, 0.6) is 0 Å². The van der Waals surface area contributed by atoms with Crippen molar-refractivity contribution in [1.82, 2.24) is 10.3 Å². The number of thiazole rings is 1. The van der Waals surface area contributed by atoms with E-state index in [9.17, 15) is 0 Å². The predicted molar refractivity (Wildman–Crippen MR) is 83.4 cm³/mol. The number of hydrogen-bond donors (Lipinski definition) is 1. The molecule has 19 heavy (non-hydrogen) atoms. The second-order valence-corrected chi connectivity index (χ2v) is 6.18. The van der Waals surface area contributed by atoms with Gasteiger partial charge in [0.05, 0.1) is 5.51 Å². The molecule has 0 aliphatic rings. The van der Waals surface area contributed by atoms with E-state index in [2.05, 4.69) is 17.2 Å². The van der Waals surface area contributed by atoms with E-state index in [4.69, 9.17) is 23.2 Å². The summed E-state index contributed by atoms with van der Waals surface area (Å²) in [6.07, 6.45) is 3.79. The van der Waals surface area contributed by atoms with Crippen LogP contribution < -0.4 is 5.32 Å². The van der Waals surface area contributed by atoms with Crippen LogP contribution in [0.15, 0.2) is 29.9 Å². The van der Waals surface area contributed by atoms with Crippen LogP contribution in [0.2, 0.25) is 10.0 Å². The molecule has 0 bridgehead atoms. The van der Waals surface area contributed by atoms with Crippen LogP contribution in [0.3, 0.4) is 0 Å². The third kappa shape index (κ3) is 4.46. The van der Waals surface area contributed by atoms with Gasteiger partial charge in [-0.15, -0.1) is 11.3 Å². The van der Waals surface area contributed by atoms with Gasteiger partial charge in [-0.2, -0.15) is 0 Å². The summed E-state index contributed by atoms with van der Waals surface area (Å²) in [6.45, 7) is 3.05. The first kappa shape index (κ1) is 14.8. The molecule has 2 rings (SSSR count). The number of benzene rings is 1. The van der Waals surface area contributed by atoms with Crippen molar-refractivity contribution in [2.45, 2.75) is 25.8 Å². The summed E-state index contributed by atoms with van der Waals surface area (Å²) < 4.78 is 0. The standard InChI is InChI=1S/C14H16Cl2N2S/c1-2-18-12(7-13-8-17-9-19-13)5-10-3-4-11(15)6-14(10)16/h3-4,6,8-9,12,18H,2,5,7H2,1H3. The van der Waals surface area contributed by atoms with Crippen molar-refractivity contribution in [3.8, 4) is 0 Å². The fourth-order valence-corrected chi connectivity index (χ4v) is 3.21. The number of nitrogens with one attached hydrogen (secondary N) is 1. The van der Waals surface area contributed by atoms with E-state index < -0.39 is 0 Å². The van der Waals surface area contributed by atoms with Gasteiger partial charge >= 0.3 is 0 Å². The zero-order valence-electron chi connectivity index (χ0n) is 10.7. The van der Waals surface area contributed by atoms with E-state index in [0.29, 0.717) is 11.1 Å². The van der Waals surface area contributed by atoms with Crippen LogP contribution in [0, 0.1) is 0 Å². The quantitative estimate of drug-likeness (QED) is 0.863. The Labute approximate surface area is 127 Å². The van der Waals surface area contributed by atoms with Gasteiger partial charge in [-0.25, -0.2) is 0 Å². The molecule has 0 saturated heterocycles. The molecule has 5 heteroatoms. The average Bonchev–Trinajstić information content (AvgIpc) is 2.86. The van der Waals surface area contributed by atoms with Crippen LogP contribution in [-0.4, -0.2) is 17.6 Å². The third-order valence-corrected chi connectivity index (χ3v) is 4.29.